The van der Waals surface area contributed by atoms with Crippen molar-refractivity contribution in [1.29, 1.82) is 0 Å². The molecule has 0 aliphatic carbocycles. The number of carbonyl (C=O) groups excluding carboxylic acids is 4. The Morgan fingerprint density at radius 1 is 0.942 bits per heavy atom. The van der Waals surface area contributed by atoms with Crippen LogP contribution in [-0.2, 0) is 52.2 Å². The van der Waals surface area contributed by atoms with Crippen LogP contribution in [0.4, 0.5) is 4.39 Å². The predicted molar refractivity (Wildman–Crippen MR) is 258 cm³/mol. The van der Waals surface area contributed by atoms with Crippen LogP contribution in [0.2, 0.25) is 10.0 Å². The number of piperidine rings is 1. The summed E-state index contributed by atoms with van der Waals surface area (Å²) in [6.07, 6.45) is 2.57. The minimum absolute atomic E-state index is 0.0191. The quantitative estimate of drug-likeness (QED) is 0.112. The molecule has 7 rings (SSSR count). The number of carbonyl (C=O) groups is 4. The molecule has 2 N–H and O–H groups in total. The number of aryl methyl sites for hydroxylation is 1. The summed E-state index contributed by atoms with van der Waals surface area (Å²) >= 11 is 12.7. The lowest BCUT2D eigenvalue weighted by Crippen LogP contribution is -2.65. The molecule has 0 spiro atoms. The zero-order valence-corrected chi connectivity index (χ0v) is 41.5. The first-order chi connectivity index (χ1) is 32.8. The molecule has 2 aliphatic rings. The minimum Gasteiger partial charge on any atom is -0.457 e. The van der Waals surface area contributed by atoms with Gasteiger partial charge in [-0.05, 0) is 100 Å². The van der Waals surface area contributed by atoms with Crippen LogP contribution in [0.5, 0.6) is 11.5 Å². The van der Waals surface area contributed by atoms with Crippen molar-refractivity contribution in [3.8, 4) is 22.8 Å². The molecule has 2 bridgehead atoms. The fraction of sp³-hybridized carbons (Fsp3) is 0.412. The third-order valence-electron chi connectivity index (χ3n) is 13.6. The van der Waals surface area contributed by atoms with E-state index < -0.39 is 72.6 Å². The highest BCUT2D eigenvalue weighted by Crippen LogP contribution is 2.36. The van der Waals surface area contributed by atoms with Gasteiger partial charge in [0.1, 0.15) is 35.2 Å². The number of amides is 4. The van der Waals surface area contributed by atoms with Crippen LogP contribution in [0.3, 0.4) is 0 Å². The molecule has 2 aliphatic heterocycles. The van der Waals surface area contributed by atoms with Gasteiger partial charge >= 0.3 is 0 Å². The maximum atomic E-state index is 16.4. The monoisotopic (exact) mass is 985 g/mol. The van der Waals surface area contributed by atoms with Gasteiger partial charge < -0.3 is 38.9 Å². The van der Waals surface area contributed by atoms with Gasteiger partial charge in [-0.15, -0.1) is 0 Å². The second-order valence-corrected chi connectivity index (χ2v) is 19.4. The molecule has 4 atom stereocenters. The first-order valence-electron chi connectivity index (χ1n) is 22.9. The highest BCUT2D eigenvalue weighted by molar-refractivity contribution is 6.31. The van der Waals surface area contributed by atoms with Crippen LogP contribution in [0.25, 0.3) is 11.3 Å². The van der Waals surface area contributed by atoms with Crippen molar-refractivity contribution >= 4 is 46.8 Å². The number of imidazole rings is 1. The minimum atomic E-state index is -1.38. The van der Waals surface area contributed by atoms with Crippen molar-refractivity contribution in [1.82, 2.24) is 34.1 Å². The fourth-order valence-corrected chi connectivity index (χ4v) is 9.85. The Balaban J connectivity index is 1.28. The molecule has 0 saturated carbocycles. The van der Waals surface area contributed by atoms with Crippen molar-refractivity contribution in [3.05, 3.63) is 129 Å². The third-order valence-corrected chi connectivity index (χ3v) is 14.1. The van der Waals surface area contributed by atoms with Gasteiger partial charge in [0.15, 0.2) is 0 Å². The molecule has 69 heavy (non-hydrogen) atoms. The van der Waals surface area contributed by atoms with Gasteiger partial charge in [0, 0.05) is 92.0 Å². The topological polar surface area (TPSA) is 156 Å². The number of aromatic nitrogens is 3. The van der Waals surface area contributed by atoms with Gasteiger partial charge in [-0.1, -0.05) is 35.3 Å². The van der Waals surface area contributed by atoms with Gasteiger partial charge in [0.25, 0.3) is 0 Å². The number of benzene rings is 3. The SMILES string of the molecule is Cc1cccc(C[C@@H]2CC(=O)N(Cc3c(F)cc(Cl)cc3Oc3ccc(-c4cnc(CN(C)C)n4C)cc3)[C@@H](C)C(=O)N(C)[C@@H](CO)C(=O)N(C)[C@@]3(Cc4ccc(Cl)cc4)CCCN(C3)C2=O)[n+]1O. The van der Waals surface area contributed by atoms with Crippen molar-refractivity contribution < 1.29 is 43.3 Å². The molecule has 2 saturated heterocycles. The largest absolute Gasteiger partial charge is 0.457 e. The van der Waals surface area contributed by atoms with Crippen molar-refractivity contribution in [2.45, 2.75) is 76.7 Å². The number of aliphatic hydroxyl groups excluding tert-OH is 1. The predicted octanol–water partition coefficient (Wildman–Crippen LogP) is 6.08. The van der Waals surface area contributed by atoms with E-state index in [1.165, 1.54) is 20.0 Å². The summed E-state index contributed by atoms with van der Waals surface area (Å²) in [5.41, 5.74) is 2.35. The fourth-order valence-electron chi connectivity index (χ4n) is 9.53. The molecular formula is C51H60Cl2FN8O7+. The van der Waals surface area contributed by atoms with E-state index in [0.717, 1.165) is 43.2 Å². The van der Waals surface area contributed by atoms with E-state index >= 15 is 14.0 Å². The molecular weight excluding hydrogens is 927 g/mol. The van der Waals surface area contributed by atoms with Gasteiger partial charge in [-0.3, -0.25) is 24.4 Å². The van der Waals surface area contributed by atoms with E-state index in [1.807, 2.05) is 54.9 Å². The Bertz CT molecular complexity index is 2700. The van der Waals surface area contributed by atoms with E-state index in [1.54, 1.807) is 72.4 Å². The number of pyridine rings is 1. The van der Waals surface area contributed by atoms with Crippen LogP contribution in [-0.4, -0.2) is 134 Å². The Hall–Kier alpha value is -6.07. The standard InChI is InChI=1S/C51H60Cl2FN8O7/c1-32-10-8-11-39(62(32)68)22-36-23-47(64)61(28-41-42(54)24-38(53)25-45(41)69-40-18-14-35(15-19-40)43-27-55-46(57(43)5)29-56(3)4)33(2)48(65)58(6)44(30-63)50(67)59(7)51(20-9-21-60(31-51)49(36)66)26-34-12-16-37(52)17-13-34/h8,10-19,24-25,27,33,36,44,63,68H,9,20-23,26,28-31H2,1-7H3/q+1/t33-,36+,44-,51+/m0/s1. The number of likely N-dealkylation sites (N-methyl/N-ethyl adjacent to an activating group) is 2. The summed E-state index contributed by atoms with van der Waals surface area (Å²) in [7, 11) is 8.87. The molecule has 0 radical (unpaired) electrons. The summed E-state index contributed by atoms with van der Waals surface area (Å²) in [6, 6.07) is 19.2. The van der Waals surface area contributed by atoms with Crippen LogP contribution >= 0.6 is 23.2 Å². The number of nitrogens with zero attached hydrogens (tertiary/aromatic N) is 8. The smallest absolute Gasteiger partial charge is 0.248 e. The molecule has 3 aromatic carbocycles. The summed E-state index contributed by atoms with van der Waals surface area (Å²) in [5, 5.41) is 22.6. The molecule has 15 nitrogen and oxygen atoms in total. The second kappa shape index (κ2) is 21.3. The van der Waals surface area contributed by atoms with E-state index in [0.29, 0.717) is 54.5 Å². The molecule has 366 valence electrons. The highest BCUT2D eigenvalue weighted by Gasteiger charge is 2.47. The van der Waals surface area contributed by atoms with Gasteiger partial charge in [-0.2, -0.15) is 0 Å². The first kappa shape index (κ1) is 50.8. The highest BCUT2D eigenvalue weighted by atomic mass is 35.5. The summed E-state index contributed by atoms with van der Waals surface area (Å²) in [5.74, 6) is -3.08. The molecule has 4 heterocycles. The summed E-state index contributed by atoms with van der Waals surface area (Å²) < 4.78 is 25.7. The number of hydrogen-bond donors (Lipinski definition) is 2. The summed E-state index contributed by atoms with van der Waals surface area (Å²) in [4.78, 5) is 71.8. The van der Waals surface area contributed by atoms with Crippen LogP contribution in [0.15, 0.2) is 85.1 Å². The zero-order valence-electron chi connectivity index (χ0n) is 40.0. The zero-order chi connectivity index (χ0) is 49.9. The maximum absolute atomic E-state index is 16.4. The number of rotatable bonds is 12. The van der Waals surface area contributed by atoms with Crippen molar-refractivity contribution in [3.63, 3.8) is 0 Å². The van der Waals surface area contributed by atoms with Gasteiger partial charge in [0.2, 0.25) is 35.0 Å². The Morgan fingerprint density at radius 2 is 1.65 bits per heavy atom. The van der Waals surface area contributed by atoms with E-state index in [9.17, 15) is 19.9 Å². The Kier molecular flexibility index (Phi) is 15.7. The average molecular weight is 987 g/mol. The lowest BCUT2D eigenvalue weighted by molar-refractivity contribution is -0.913. The molecule has 4 amide bonds. The maximum Gasteiger partial charge on any atom is 0.248 e. The normalized spacial score (nSPS) is 20.8. The Labute approximate surface area is 412 Å². The van der Waals surface area contributed by atoms with E-state index in [-0.39, 0.29) is 29.3 Å². The van der Waals surface area contributed by atoms with E-state index in [4.69, 9.17) is 27.9 Å². The average Bonchev–Trinajstić information content (AvgIpc) is 3.67. The van der Waals surface area contributed by atoms with Crippen LogP contribution in [0.1, 0.15) is 54.5 Å². The molecule has 0 unspecified atom stereocenters. The molecule has 5 aromatic rings. The van der Waals surface area contributed by atoms with Crippen LogP contribution in [0, 0.1) is 18.7 Å². The van der Waals surface area contributed by atoms with Crippen LogP contribution < -0.4 is 9.47 Å². The van der Waals surface area contributed by atoms with E-state index in [2.05, 4.69) is 4.98 Å². The van der Waals surface area contributed by atoms with Crippen molar-refractivity contribution in [2.24, 2.45) is 13.0 Å². The van der Waals surface area contributed by atoms with Crippen molar-refractivity contribution in [2.75, 3.05) is 47.9 Å². The number of hydrogen-bond acceptors (Lipinski definition) is 9. The number of fused-ring (bicyclic) bond motifs is 2. The molecule has 2 fully saturated rings. The Morgan fingerprint density at radius 3 is 2.33 bits per heavy atom. The number of aliphatic hydroxyl groups is 1. The lowest BCUT2D eigenvalue weighted by atomic mass is 9.80. The second-order valence-electron chi connectivity index (χ2n) is 18.6. The third kappa shape index (κ3) is 11.0. The molecule has 18 heteroatoms. The number of halogens is 3. The van der Waals surface area contributed by atoms with Gasteiger partial charge in [-0.25, -0.2) is 9.37 Å². The van der Waals surface area contributed by atoms with Gasteiger partial charge in [0.05, 0.1) is 43.0 Å². The lowest BCUT2D eigenvalue weighted by Gasteiger charge is -2.50. The first-order valence-corrected chi connectivity index (χ1v) is 23.7. The number of ether oxygens (including phenoxy) is 1. The molecule has 2 aromatic heterocycles. The summed E-state index contributed by atoms with van der Waals surface area (Å²) in [6.45, 7) is 2.94.